The fourth-order valence-corrected chi connectivity index (χ4v) is 2.67. The molecule has 0 saturated carbocycles. The van der Waals surface area contributed by atoms with Crippen molar-refractivity contribution in [2.75, 3.05) is 26.7 Å². The van der Waals surface area contributed by atoms with E-state index in [1.54, 1.807) is 0 Å². The second-order valence-electron chi connectivity index (χ2n) is 5.28. The van der Waals surface area contributed by atoms with Crippen molar-refractivity contribution in [1.29, 1.82) is 0 Å². The van der Waals surface area contributed by atoms with Gasteiger partial charge in [0.05, 0.1) is 0 Å². The molecule has 2 rings (SSSR count). The van der Waals surface area contributed by atoms with E-state index in [1.807, 2.05) is 6.20 Å². The van der Waals surface area contributed by atoms with E-state index < -0.39 is 0 Å². The lowest BCUT2D eigenvalue weighted by molar-refractivity contribution is 0.248. The molecule has 0 spiro atoms. The third kappa shape index (κ3) is 3.06. The van der Waals surface area contributed by atoms with Gasteiger partial charge in [-0.1, -0.05) is 6.92 Å². The maximum atomic E-state index is 5.78. The van der Waals surface area contributed by atoms with Gasteiger partial charge in [0, 0.05) is 36.8 Å². The number of rotatable bonds is 4. The Hall–Kier alpha value is -1.00. The molecule has 2 heterocycles. The van der Waals surface area contributed by atoms with E-state index in [2.05, 4.69) is 29.9 Å². The van der Waals surface area contributed by atoms with Crippen LogP contribution in [-0.4, -0.2) is 41.5 Å². The molecule has 0 bridgehead atoms. The standard InChI is InChI=1S/C14H24N4/c1-3-11(9-15)14-16-7-6-13(17-14)12-5-4-8-18(2)10-12/h6-7,11-12H,3-5,8-10,15H2,1-2H3. The van der Waals surface area contributed by atoms with Gasteiger partial charge in [-0.3, -0.25) is 0 Å². The predicted octanol–water partition coefficient (Wildman–Crippen LogP) is 1.74. The molecule has 1 aromatic heterocycles. The summed E-state index contributed by atoms with van der Waals surface area (Å²) in [4.78, 5) is 11.5. The average Bonchev–Trinajstić information content (AvgIpc) is 2.41. The number of likely N-dealkylation sites (N-methyl/N-ethyl adjacent to an activating group) is 1. The van der Waals surface area contributed by atoms with Gasteiger partial charge in [-0.25, -0.2) is 9.97 Å². The number of piperidine rings is 1. The first-order chi connectivity index (χ1) is 8.74. The fourth-order valence-electron chi connectivity index (χ4n) is 2.67. The molecule has 2 unspecified atom stereocenters. The van der Waals surface area contributed by atoms with Gasteiger partial charge >= 0.3 is 0 Å². The highest BCUT2D eigenvalue weighted by Crippen LogP contribution is 2.25. The lowest BCUT2D eigenvalue weighted by atomic mass is 9.94. The molecule has 1 aliphatic heterocycles. The van der Waals surface area contributed by atoms with Crippen LogP contribution < -0.4 is 5.73 Å². The van der Waals surface area contributed by atoms with Crippen molar-refractivity contribution in [3.8, 4) is 0 Å². The Morgan fingerprint density at radius 1 is 1.56 bits per heavy atom. The van der Waals surface area contributed by atoms with Crippen molar-refractivity contribution in [1.82, 2.24) is 14.9 Å². The van der Waals surface area contributed by atoms with Crippen molar-refractivity contribution in [2.24, 2.45) is 5.73 Å². The Labute approximate surface area is 110 Å². The van der Waals surface area contributed by atoms with E-state index in [1.165, 1.54) is 25.1 Å². The maximum Gasteiger partial charge on any atom is 0.132 e. The number of hydrogen-bond acceptors (Lipinski definition) is 4. The van der Waals surface area contributed by atoms with Gasteiger partial charge in [0.1, 0.15) is 5.82 Å². The van der Waals surface area contributed by atoms with Crippen LogP contribution in [0.5, 0.6) is 0 Å². The maximum absolute atomic E-state index is 5.78. The Balaban J connectivity index is 2.15. The third-order valence-corrected chi connectivity index (χ3v) is 3.88. The number of likely N-dealkylation sites (tertiary alicyclic amines) is 1. The van der Waals surface area contributed by atoms with Crippen LogP contribution in [0.2, 0.25) is 0 Å². The molecule has 100 valence electrons. The molecule has 1 aliphatic rings. The van der Waals surface area contributed by atoms with E-state index in [9.17, 15) is 0 Å². The van der Waals surface area contributed by atoms with Gasteiger partial charge in [-0.2, -0.15) is 0 Å². The summed E-state index contributed by atoms with van der Waals surface area (Å²) in [6, 6.07) is 2.07. The van der Waals surface area contributed by atoms with Gasteiger partial charge in [0.25, 0.3) is 0 Å². The minimum atomic E-state index is 0.297. The second kappa shape index (κ2) is 6.25. The summed E-state index contributed by atoms with van der Waals surface area (Å²) in [5, 5.41) is 0. The summed E-state index contributed by atoms with van der Waals surface area (Å²) >= 11 is 0. The molecular weight excluding hydrogens is 224 g/mol. The zero-order valence-corrected chi connectivity index (χ0v) is 11.5. The van der Waals surface area contributed by atoms with Crippen LogP contribution in [0.1, 0.15) is 49.5 Å². The summed E-state index contributed by atoms with van der Waals surface area (Å²) in [5.41, 5.74) is 6.97. The van der Waals surface area contributed by atoms with Gasteiger partial charge in [0.15, 0.2) is 0 Å². The summed E-state index contributed by atoms with van der Waals surface area (Å²) < 4.78 is 0. The zero-order valence-electron chi connectivity index (χ0n) is 11.5. The minimum absolute atomic E-state index is 0.297. The Bertz CT molecular complexity index is 376. The summed E-state index contributed by atoms with van der Waals surface area (Å²) in [6.07, 6.45) is 5.39. The number of aromatic nitrogens is 2. The van der Waals surface area contributed by atoms with Crippen LogP contribution in [0.15, 0.2) is 12.3 Å². The van der Waals surface area contributed by atoms with Gasteiger partial charge in [-0.05, 0) is 38.9 Å². The Morgan fingerprint density at radius 3 is 3.06 bits per heavy atom. The fraction of sp³-hybridized carbons (Fsp3) is 0.714. The first kappa shape index (κ1) is 13.4. The Morgan fingerprint density at radius 2 is 2.39 bits per heavy atom. The van der Waals surface area contributed by atoms with Crippen LogP contribution in [-0.2, 0) is 0 Å². The second-order valence-corrected chi connectivity index (χ2v) is 5.28. The van der Waals surface area contributed by atoms with Crippen LogP contribution >= 0.6 is 0 Å². The summed E-state index contributed by atoms with van der Waals surface area (Å²) in [7, 11) is 2.18. The number of nitrogens with two attached hydrogens (primary N) is 1. The van der Waals surface area contributed by atoms with Crippen LogP contribution in [0.4, 0.5) is 0 Å². The average molecular weight is 248 g/mol. The lowest BCUT2D eigenvalue weighted by Gasteiger charge is -2.29. The normalized spacial score (nSPS) is 22.9. The molecule has 1 fully saturated rings. The highest BCUT2D eigenvalue weighted by molar-refractivity contribution is 5.12. The monoisotopic (exact) mass is 248 g/mol. The molecule has 2 atom stereocenters. The van der Waals surface area contributed by atoms with E-state index in [0.29, 0.717) is 18.4 Å². The van der Waals surface area contributed by atoms with Crippen molar-refractivity contribution >= 4 is 0 Å². The molecule has 0 amide bonds. The topological polar surface area (TPSA) is 55.0 Å². The van der Waals surface area contributed by atoms with Crippen LogP contribution in [0.3, 0.4) is 0 Å². The number of hydrogen-bond donors (Lipinski definition) is 1. The lowest BCUT2D eigenvalue weighted by Crippen LogP contribution is -2.31. The molecule has 18 heavy (non-hydrogen) atoms. The van der Waals surface area contributed by atoms with Crippen molar-refractivity contribution in [2.45, 2.75) is 38.0 Å². The molecule has 4 heteroatoms. The minimum Gasteiger partial charge on any atom is -0.330 e. The first-order valence-corrected chi connectivity index (χ1v) is 6.96. The molecule has 0 aliphatic carbocycles. The molecule has 1 saturated heterocycles. The SMILES string of the molecule is CCC(CN)c1nccc(C2CCCN(C)C2)n1. The predicted molar refractivity (Wildman–Crippen MR) is 73.6 cm³/mol. The van der Waals surface area contributed by atoms with Crippen LogP contribution in [0, 0.1) is 0 Å². The first-order valence-electron chi connectivity index (χ1n) is 6.96. The summed E-state index contributed by atoms with van der Waals surface area (Å²) in [5.74, 6) is 1.78. The quantitative estimate of drug-likeness (QED) is 0.882. The van der Waals surface area contributed by atoms with Crippen molar-refractivity contribution in [3.63, 3.8) is 0 Å². The van der Waals surface area contributed by atoms with E-state index in [-0.39, 0.29) is 0 Å². The molecule has 2 N–H and O–H groups in total. The van der Waals surface area contributed by atoms with Crippen molar-refractivity contribution < 1.29 is 0 Å². The zero-order chi connectivity index (χ0) is 13.0. The van der Waals surface area contributed by atoms with E-state index in [4.69, 9.17) is 10.7 Å². The molecule has 1 aromatic rings. The van der Waals surface area contributed by atoms with Crippen LogP contribution in [0.25, 0.3) is 0 Å². The summed E-state index contributed by atoms with van der Waals surface area (Å²) in [6.45, 7) is 5.08. The smallest absolute Gasteiger partial charge is 0.132 e. The van der Waals surface area contributed by atoms with E-state index in [0.717, 1.165) is 18.8 Å². The van der Waals surface area contributed by atoms with Crippen molar-refractivity contribution in [3.05, 3.63) is 23.8 Å². The molecule has 0 radical (unpaired) electrons. The third-order valence-electron chi connectivity index (χ3n) is 3.88. The largest absolute Gasteiger partial charge is 0.330 e. The van der Waals surface area contributed by atoms with Gasteiger partial charge in [-0.15, -0.1) is 0 Å². The molecule has 0 aromatic carbocycles. The van der Waals surface area contributed by atoms with Gasteiger partial charge < -0.3 is 10.6 Å². The van der Waals surface area contributed by atoms with Gasteiger partial charge in [0.2, 0.25) is 0 Å². The molecule has 4 nitrogen and oxygen atoms in total. The number of nitrogens with zero attached hydrogens (tertiary/aromatic N) is 3. The van der Waals surface area contributed by atoms with E-state index >= 15 is 0 Å². The highest BCUT2D eigenvalue weighted by Gasteiger charge is 2.21. The Kier molecular flexibility index (Phi) is 4.66. The highest BCUT2D eigenvalue weighted by atomic mass is 15.1. The molecular formula is C14H24N4.